The molecule has 1 amide bonds. The van der Waals surface area contributed by atoms with E-state index in [1.807, 2.05) is 13.8 Å². The van der Waals surface area contributed by atoms with Crippen molar-refractivity contribution in [1.29, 1.82) is 0 Å². The lowest BCUT2D eigenvalue weighted by Gasteiger charge is -2.28. The van der Waals surface area contributed by atoms with Crippen LogP contribution in [-0.4, -0.2) is 36.9 Å². The summed E-state index contributed by atoms with van der Waals surface area (Å²) < 4.78 is 27.1. The highest BCUT2D eigenvalue weighted by Crippen LogP contribution is 2.18. The summed E-state index contributed by atoms with van der Waals surface area (Å²) in [6.07, 6.45) is 0.985. The first-order chi connectivity index (χ1) is 9.60. The third kappa shape index (κ3) is 5.93. The van der Waals surface area contributed by atoms with Gasteiger partial charge >= 0.3 is 10.1 Å². The predicted molar refractivity (Wildman–Crippen MR) is 82.9 cm³/mol. The second-order valence-electron chi connectivity index (χ2n) is 5.11. The van der Waals surface area contributed by atoms with Crippen LogP contribution in [0.3, 0.4) is 0 Å². The van der Waals surface area contributed by atoms with Crippen LogP contribution in [0.5, 0.6) is 5.75 Å². The second-order valence-corrected chi connectivity index (χ2v) is 7.34. The van der Waals surface area contributed by atoms with Crippen molar-refractivity contribution in [2.24, 2.45) is 0 Å². The number of nitrogens with zero attached hydrogens (tertiary/aromatic N) is 1. The summed E-state index contributed by atoms with van der Waals surface area (Å²) in [5.41, 5.74) is 0.774. The number of amides is 1. The molecule has 0 spiro atoms. The van der Waals surface area contributed by atoms with Gasteiger partial charge in [-0.3, -0.25) is 4.79 Å². The Morgan fingerprint density at radius 2 is 1.95 bits per heavy atom. The third-order valence-corrected chi connectivity index (χ3v) is 3.43. The first-order valence-electron chi connectivity index (χ1n) is 6.53. The number of carbonyl (C=O) groups excluding carboxylic acids is 1. The summed E-state index contributed by atoms with van der Waals surface area (Å²) in [7, 11) is -3.57. The largest absolute Gasteiger partial charge is 0.383 e. The van der Waals surface area contributed by atoms with E-state index in [1.54, 1.807) is 36.1 Å². The second kappa shape index (κ2) is 7.13. The molecule has 0 aromatic heterocycles. The first kappa shape index (κ1) is 17.8. The van der Waals surface area contributed by atoms with E-state index in [1.165, 1.54) is 0 Å². The van der Waals surface area contributed by atoms with Crippen LogP contribution in [0.2, 0.25) is 0 Å². The average Bonchev–Trinajstić information content (AvgIpc) is 2.33. The van der Waals surface area contributed by atoms with Crippen LogP contribution in [0.15, 0.2) is 24.3 Å². The minimum atomic E-state index is -3.57. The Bertz CT molecular complexity index is 599. The van der Waals surface area contributed by atoms with Gasteiger partial charge in [0.15, 0.2) is 0 Å². The molecule has 0 aliphatic rings. The number of carbonyl (C=O) groups is 1. The van der Waals surface area contributed by atoms with Crippen LogP contribution in [0, 0.1) is 0 Å². The van der Waals surface area contributed by atoms with Crippen LogP contribution < -0.4 is 4.18 Å². The molecule has 0 aliphatic heterocycles. The fourth-order valence-corrected chi connectivity index (χ4v) is 2.39. The molecule has 5 nitrogen and oxygen atoms in total. The maximum atomic E-state index is 12.1. The molecule has 0 fully saturated rings. The highest BCUT2D eigenvalue weighted by atomic mass is 35.5. The lowest BCUT2D eigenvalue weighted by atomic mass is 10.1. The molecule has 118 valence electrons. The number of rotatable bonds is 6. The number of hydrogen-bond acceptors (Lipinski definition) is 4. The van der Waals surface area contributed by atoms with Crippen molar-refractivity contribution < 1.29 is 17.4 Å². The van der Waals surface area contributed by atoms with Crippen molar-refractivity contribution in [2.45, 2.75) is 38.7 Å². The highest BCUT2D eigenvalue weighted by Gasteiger charge is 2.21. The minimum absolute atomic E-state index is 0.0156. The van der Waals surface area contributed by atoms with Gasteiger partial charge in [0.2, 0.25) is 5.91 Å². The Morgan fingerprint density at radius 1 is 1.33 bits per heavy atom. The van der Waals surface area contributed by atoms with Crippen molar-refractivity contribution >= 4 is 27.6 Å². The molecule has 1 atom stereocenters. The van der Waals surface area contributed by atoms with Crippen LogP contribution >= 0.6 is 11.6 Å². The standard InChI is InChI=1S/C14H20ClNO4S/c1-10(2)16(14(17)11(3)15)9-12-6-5-7-13(8-12)20-21(4,18)19/h5-8,10-11H,9H2,1-4H3. The van der Waals surface area contributed by atoms with Crippen molar-refractivity contribution in [1.82, 2.24) is 4.90 Å². The van der Waals surface area contributed by atoms with E-state index in [2.05, 4.69) is 0 Å². The quantitative estimate of drug-likeness (QED) is 0.592. The summed E-state index contributed by atoms with van der Waals surface area (Å²) in [6.45, 7) is 5.76. The zero-order valence-corrected chi connectivity index (χ0v) is 14.1. The van der Waals surface area contributed by atoms with Gasteiger partial charge < -0.3 is 9.08 Å². The van der Waals surface area contributed by atoms with Crippen LogP contribution in [0.1, 0.15) is 26.3 Å². The number of hydrogen-bond donors (Lipinski definition) is 0. The maximum absolute atomic E-state index is 12.1. The van der Waals surface area contributed by atoms with Crippen molar-refractivity contribution in [3.8, 4) is 5.75 Å². The molecule has 0 saturated heterocycles. The molecular weight excluding hydrogens is 314 g/mol. The van der Waals surface area contributed by atoms with Crippen molar-refractivity contribution in [3.05, 3.63) is 29.8 Å². The normalized spacial score (nSPS) is 13.0. The Labute approximate surface area is 131 Å². The fourth-order valence-electron chi connectivity index (χ4n) is 1.81. The monoisotopic (exact) mass is 333 g/mol. The van der Waals surface area contributed by atoms with Gasteiger partial charge in [-0.15, -0.1) is 11.6 Å². The molecule has 0 bridgehead atoms. The van der Waals surface area contributed by atoms with Gasteiger partial charge in [0.1, 0.15) is 11.1 Å². The lowest BCUT2D eigenvalue weighted by Crippen LogP contribution is -2.40. The molecular formula is C14H20ClNO4S. The third-order valence-electron chi connectivity index (χ3n) is 2.75. The van der Waals surface area contributed by atoms with E-state index < -0.39 is 15.5 Å². The van der Waals surface area contributed by atoms with E-state index in [0.717, 1.165) is 11.8 Å². The van der Waals surface area contributed by atoms with E-state index >= 15 is 0 Å². The van der Waals surface area contributed by atoms with Gasteiger partial charge in [-0.05, 0) is 38.5 Å². The van der Waals surface area contributed by atoms with E-state index in [4.69, 9.17) is 15.8 Å². The Morgan fingerprint density at radius 3 is 2.43 bits per heavy atom. The summed E-state index contributed by atoms with van der Waals surface area (Å²) in [5, 5.41) is -0.608. The van der Waals surface area contributed by atoms with Gasteiger partial charge in [0, 0.05) is 12.6 Å². The summed E-state index contributed by atoms with van der Waals surface area (Å²) in [6, 6.07) is 6.62. The molecule has 0 radical (unpaired) electrons. The molecule has 0 heterocycles. The summed E-state index contributed by atoms with van der Waals surface area (Å²) >= 11 is 5.86. The van der Waals surface area contributed by atoms with Crippen LogP contribution in [0.25, 0.3) is 0 Å². The highest BCUT2D eigenvalue weighted by molar-refractivity contribution is 7.86. The molecule has 0 saturated carbocycles. The topological polar surface area (TPSA) is 63.7 Å². The molecule has 7 heteroatoms. The molecule has 21 heavy (non-hydrogen) atoms. The van der Waals surface area contributed by atoms with E-state index in [9.17, 15) is 13.2 Å². The Kier molecular flexibility index (Phi) is 6.04. The van der Waals surface area contributed by atoms with Crippen LogP contribution in [-0.2, 0) is 21.5 Å². The number of alkyl halides is 1. The molecule has 1 aromatic carbocycles. The van der Waals surface area contributed by atoms with Gasteiger partial charge in [-0.25, -0.2) is 0 Å². The summed E-state index contributed by atoms with van der Waals surface area (Å²) in [5.74, 6) is 0.0613. The number of benzene rings is 1. The maximum Gasteiger partial charge on any atom is 0.306 e. The van der Waals surface area contributed by atoms with E-state index in [-0.39, 0.29) is 17.7 Å². The SMILES string of the molecule is CC(Cl)C(=O)N(Cc1cccc(OS(C)(=O)=O)c1)C(C)C. The fraction of sp³-hybridized carbons (Fsp3) is 0.500. The zero-order chi connectivity index (χ0) is 16.2. The molecule has 1 rings (SSSR count). The van der Waals surface area contributed by atoms with Gasteiger partial charge in [0.25, 0.3) is 0 Å². The Balaban J connectivity index is 2.95. The Hall–Kier alpha value is -1.27. The average molecular weight is 334 g/mol. The zero-order valence-electron chi connectivity index (χ0n) is 12.5. The van der Waals surface area contributed by atoms with Gasteiger partial charge in [0.05, 0.1) is 6.26 Å². The van der Waals surface area contributed by atoms with Crippen LogP contribution in [0.4, 0.5) is 0 Å². The minimum Gasteiger partial charge on any atom is -0.383 e. The van der Waals surface area contributed by atoms with Gasteiger partial charge in [-0.1, -0.05) is 12.1 Å². The number of halogens is 1. The molecule has 1 unspecified atom stereocenters. The van der Waals surface area contributed by atoms with Crippen molar-refractivity contribution in [3.63, 3.8) is 0 Å². The smallest absolute Gasteiger partial charge is 0.306 e. The molecule has 0 aliphatic carbocycles. The first-order valence-corrected chi connectivity index (χ1v) is 8.78. The summed E-state index contributed by atoms with van der Waals surface area (Å²) in [4.78, 5) is 13.7. The predicted octanol–water partition coefficient (Wildman–Crippen LogP) is 2.39. The van der Waals surface area contributed by atoms with Crippen molar-refractivity contribution in [2.75, 3.05) is 6.26 Å². The van der Waals surface area contributed by atoms with Gasteiger partial charge in [-0.2, -0.15) is 8.42 Å². The molecule has 1 aromatic rings. The molecule has 0 N–H and O–H groups in total. The lowest BCUT2D eigenvalue weighted by molar-refractivity contribution is -0.132. The van der Waals surface area contributed by atoms with E-state index in [0.29, 0.717) is 6.54 Å².